The first-order valence-corrected chi connectivity index (χ1v) is 11.3. The standard InChI is InChI=1S/C26H30FN3O3/c1-19-22(18-29(2)28-19)6-9-26(31)30-10-11-32-12-13-33-25-8-7-24(27)16-23(25)15-20-4-3-5-21(14-20)17-30/h3-5,7-8,14,16,18H,6,9-13,15,17H2,1-2H3. The van der Waals surface area contributed by atoms with Gasteiger partial charge in [0.05, 0.1) is 18.9 Å². The summed E-state index contributed by atoms with van der Waals surface area (Å²) in [6.45, 7) is 4.18. The molecule has 1 aliphatic heterocycles. The summed E-state index contributed by atoms with van der Waals surface area (Å²) in [6, 6.07) is 12.7. The van der Waals surface area contributed by atoms with E-state index in [9.17, 15) is 9.18 Å². The Kier molecular flexibility index (Phi) is 7.40. The van der Waals surface area contributed by atoms with Gasteiger partial charge in [0.2, 0.25) is 5.91 Å². The van der Waals surface area contributed by atoms with Crippen molar-refractivity contribution in [1.29, 1.82) is 0 Å². The fourth-order valence-corrected chi connectivity index (χ4v) is 4.18. The quantitative estimate of drug-likeness (QED) is 0.607. The van der Waals surface area contributed by atoms with Crippen molar-refractivity contribution >= 4 is 5.91 Å². The maximum Gasteiger partial charge on any atom is 0.223 e. The van der Waals surface area contributed by atoms with Gasteiger partial charge >= 0.3 is 0 Å². The van der Waals surface area contributed by atoms with Gasteiger partial charge in [0, 0.05) is 44.7 Å². The summed E-state index contributed by atoms with van der Waals surface area (Å²) >= 11 is 0. The van der Waals surface area contributed by atoms with Gasteiger partial charge in [0.25, 0.3) is 0 Å². The summed E-state index contributed by atoms with van der Waals surface area (Å²) in [7, 11) is 1.89. The average Bonchev–Trinajstić information content (AvgIpc) is 3.11. The zero-order chi connectivity index (χ0) is 23.2. The van der Waals surface area contributed by atoms with Gasteiger partial charge in [-0.25, -0.2) is 4.39 Å². The Hall–Kier alpha value is -3.19. The second-order valence-electron chi connectivity index (χ2n) is 8.44. The van der Waals surface area contributed by atoms with Gasteiger partial charge < -0.3 is 14.4 Å². The molecule has 1 aliphatic rings. The maximum absolute atomic E-state index is 13.9. The lowest BCUT2D eigenvalue weighted by Gasteiger charge is -2.24. The van der Waals surface area contributed by atoms with Crippen LogP contribution < -0.4 is 4.74 Å². The molecule has 1 aromatic heterocycles. The lowest BCUT2D eigenvalue weighted by atomic mass is 10.0. The van der Waals surface area contributed by atoms with E-state index >= 15 is 0 Å². The van der Waals surface area contributed by atoms with E-state index in [1.807, 2.05) is 43.3 Å². The molecule has 2 aromatic carbocycles. The van der Waals surface area contributed by atoms with Crippen molar-refractivity contribution in [3.63, 3.8) is 0 Å². The van der Waals surface area contributed by atoms with Crippen molar-refractivity contribution in [3.8, 4) is 5.75 Å². The van der Waals surface area contributed by atoms with Crippen molar-refractivity contribution in [3.05, 3.63) is 82.4 Å². The summed E-state index contributed by atoms with van der Waals surface area (Å²) in [5.74, 6) is 0.472. The van der Waals surface area contributed by atoms with Crippen LogP contribution in [-0.2, 0) is 36.0 Å². The smallest absolute Gasteiger partial charge is 0.223 e. The Morgan fingerprint density at radius 1 is 1.12 bits per heavy atom. The van der Waals surface area contributed by atoms with Crippen molar-refractivity contribution in [2.24, 2.45) is 7.05 Å². The lowest BCUT2D eigenvalue weighted by molar-refractivity contribution is -0.132. The van der Waals surface area contributed by atoms with Crippen LogP contribution >= 0.6 is 0 Å². The second kappa shape index (κ2) is 10.6. The molecule has 0 spiro atoms. The van der Waals surface area contributed by atoms with Crippen LogP contribution in [0.1, 0.15) is 34.4 Å². The number of amides is 1. The van der Waals surface area contributed by atoms with E-state index in [-0.39, 0.29) is 11.7 Å². The normalized spacial score (nSPS) is 14.8. The highest BCUT2D eigenvalue weighted by Gasteiger charge is 2.17. The Labute approximate surface area is 193 Å². The third kappa shape index (κ3) is 6.20. The van der Waals surface area contributed by atoms with Gasteiger partial charge in [-0.15, -0.1) is 0 Å². The lowest BCUT2D eigenvalue weighted by Crippen LogP contribution is -2.34. The molecule has 1 amide bonds. The Morgan fingerprint density at radius 3 is 2.79 bits per heavy atom. The Balaban J connectivity index is 1.51. The van der Waals surface area contributed by atoms with Crippen LogP contribution in [0.3, 0.4) is 0 Å². The zero-order valence-corrected chi connectivity index (χ0v) is 19.2. The van der Waals surface area contributed by atoms with Gasteiger partial charge in [-0.2, -0.15) is 5.10 Å². The predicted molar refractivity (Wildman–Crippen MR) is 124 cm³/mol. The van der Waals surface area contributed by atoms with Gasteiger partial charge in [0.1, 0.15) is 18.2 Å². The summed E-state index contributed by atoms with van der Waals surface area (Å²) in [5, 5.41) is 4.36. The van der Waals surface area contributed by atoms with Crippen molar-refractivity contribution in [2.75, 3.05) is 26.4 Å². The molecule has 3 aromatic rings. The number of rotatable bonds is 3. The van der Waals surface area contributed by atoms with E-state index in [1.54, 1.807) is 10.7 Å². The van der Waals surface area contributed by atoms with Crippen LogP contribution in [0.2, 0.25) is 0 Å². The first kappa shape index (κ1) is 23.0. The van der Waals surface area contributed by atoms with Crippen LogP contribution in [0.15, 0.2) is 48.7 Å². The maximum atomic E-state index is 13.9. The number of hydrogen-bond donors (Lipinski definition) is 0. The third-order valence-electron chi connectivity index (χ3n) is 5.85. The number of fused-ring (bicyclic) bond motifs is 3. The molecular formula is C26H30FN3O3. The minimum absolute atomic E-state index is 0.0861. The highest BCUT2D eigenvalue weighted by Crippen LogP contribution is 2.24. The van der Waals surface area contributed by atoms with Crippen molar-refractivity contribution < 1.29 is 18.7 Å². The van der Waals surface area contributed by atoms with Gasteiger partial charge in [-0.3, -0.25) is 9.48 Å². The molecule has 0 N–H and O–H groups in total. The molecule has 0 unspecified atom stereocenters. The van der Waals surface area contributed by atoms with E-state index in [1.165, 1.54) is 12.1 Å². The van der Waals surface area contributed by atoms with Crippen LogP contribution in [0.5, 0.6) is 5.75 Å². The highest BCUT2D eigenvalue weighted by molar-refractivity contribution is 5.76. The number of carbonyl (C=O) groups excluding carboxylic acids is 1. The van der Waals surface area contributed by atoms with Gasteiger partial charge in [-0.05, 0) is 48.2 Å². The molecule has 4 rings (SSSR count). The van der Waals surface area contributed by atoms with Crippen LogP contribution in [0.25, 0.3) is 0 Å². The number of ether oxygens (including phenoxy) is 2. The monoisotopic (exact) mass is 451 g/mol. The van der Waals surface area contributed by atoms with Crippen LogP contribution in [0, 0.1) is 12.7 Å². The molecule has 0 radical (unpaired) electrons. The molecule has 2 bridgehead atoms. The fraction of sp³-hybridized carbons (Fsp3) is 0.385. The zero-order valence-electron chi connectivity index (χ0n) is 19.2. The molecular weight excluding hydrogens is 421 g/mol. The van der Waals surface area contributed by atoms with Gasteiger partial charge in [0.15, 0.2) is 0 Å². The number of benzene rings is 2. The molecule has 7 heteroatoms. The first-order chi connectivity index (χ1) is 16.0. The number of aryl methyl sites for hydroxylation is 3. The molecule has 0 saturated carbocycles. The summed E-state index contributed by atoms with van der Waals surface area (Å²) in [6.07, 6.45) is 3.60. The number of hydrogen-bond acceptors (Lipinski definition) is 4. The minimum Gasteiger partial charge on any atom is -0.491 e. The second-order valence-corrected chi connectivity index (χ2v) is 8.44. The molecule has 0 saturated heterocycles. The fourth-order valence-electron chi connectivity index (χ4n) is 4.18. The van der Waals surface area contributed by atoms with Crippen LogP contribution in [0.4, 0.5) is 4.39 Å². The molecule has 0 aliphatic carbocycles. The number of carbonyl (C=O) groups is 1. The van der Waals surface area contributed by atoms with E-state index in [2.05, 4.69) is 11.2 Å². The number of nitrogens with zero attached hydrogens (tertiary/aromatic N) is 3. The summed E-state index contributed by atoms with van der Waals surface area (Å²) < 4.78 is 27.2. The summed E-state index contributed by atoms with van der Waals surface area (Å²) in [4.78, 5) is 15.0. The average molecular weight is 452 g/mol. The molecule has 174 valence electrons. The first-order valence-electron chi connectivity index (χ1n) is 11.3. The largest absolute Gasteiger partial charge is 0.491 e. The highest BCUT2D eigenvalue weighted by atomic mass is 19.1. The molecule has 2 heterocycles. The van der Waals surface area contributed by atoms with E-state index < -0.39 is 0 Å². The predicted octanol–water partition coefficient (Wildman–Crippen LogP) is 3.83. The molecule has 0 fully saturated rings. The minimum atomic E-state index is -0.286. The Bertz CT molecular complexity index is 1110. The third-order valence-corrected chi connectivity index (χ3v) is 5.85. The topological polar surface area (TPSA) is 56.6 Å². The molecule has 33 heavy (non-hydrogen) atoms. The van der Waals surface area contributed by atoms with Crippen LogP contribution in [-0.4, -0.2) is 47.0 Å². The number of halogens is 1. The SMILES string of the molecule is Cc1nn(C)cc1CCC(=O)N1CCOCCOc2ccc(F)cc2Cc2cccc(c2)C1. The van der Waals surface area contributed by atoms with E-state index in [4.69, 9.17) is 9.47 Å². The van der Waals surface area contributed by atoms with E-state index in [0.29, 0.717) is 57.9 Å². The van der Waals surface area contributed by atoms with Crippen molar-refractivity contribution in [1.82, 2.24) is 14.7 Å². The number of aromatic nitrogens is 2. The van der Waals surface area contributed by atoms with Gasteiger partial charge in [-0.1, -0.05) is 24.3 Å². The molecule has 0 atom stereocenters. The van der Waals surface area contributed by atoms with E-state index in [0.717, 1.165) is 27.9 Å². The Morgan fingerprint density at radius 2 is 1.97 bits per heavy atom. The molecule has 6 nitrogen and oxygen atoms in total. The summed E-state index contributed by atoms with van der Waals surface area (Å²) in [5.41, 5.74) is 4.93. The van der Waals surface area contributed by atoms with Crippen molar-refractivity contribution in [2.45, 2.75) is 32.7 Å².